The van der Waals surface area contributed by atoms with Gasteiger partial charge in [0.2, 0.25) is 17.7 Å². The summed E-state index contributed by atoms with van der Waals surface area (Å²) in [5, 5.41) is 0. The van der Waals surface area contributed by atoms with Gasteiger partial charge in [-0.15, -0.1) is 0 Å². The molecule has 1 unspecified atom stereocenters. The van der Waals surface area contributed by atoms with Crippen LogP contribution in [0.5, 0.6) is 0 Å². The van der Waals surface area contributed by atoms with Gasteiger partial charge in [-0.05, 0) is 38.6 Å². The molecule has 2 aliphatic heterocycles. The lowest BCUT2D eigenvalue weighted by molar-refractivity contribution is -0.145. The number of carbonyl (C=O) groups is 3. The summed E-state index contributed by atoms with van der Waals surface area (Å²) in [7, 11) is 0. The first-order chi connectivity index (χ1) is 13.9. The van der Waals surface area contributed by atoms with Gasteiger partial charge in [0.15, 0.2) is 0 Å². The topological polar surface area (TPSA) is 64.2 Å². The Bertz CT molecular complexity index is 737. The Hall–Kier alpha value is -2.41. The molecule has 0 radical (unpaired) electrons. The highest BCUT2D eigenvalue weighted by Crippen LogP contribution is 2.27. The van der Waals surface area contributed by atoms with Gasteiger partial charge >= 0.3 is 0 Å². The zero-order valence-corrected chi connectivity index (χ0v) is 17.8. The molecule has 7 heteroatoms. The molecule has 1 atom stereocenters. The summed E-state index contributed by atoms with van der Waals surface area (Å²) in [5.41, 5.74) is 1.99. The molecule has 0 spiro atoms. The zero-order chi connectivity index (χ0) is 21.0. The smallest absolute Gasteiger partial charge is 0.239 e. The van der Waals surface area contributed by atoms with Crippen LogP contribution in [0.2, 0.25) is 0 Å². The summed E-state index contributed by atoms with van der Waals surface area (Å²) < 4.78 is 0. The van der Waals surface area contributed by atoms with Crippen LogP contribution in [0.15, 0.2) is 24.3 Å². The van der Waals surface area contributed by atoms with Crippen molar-refractivity contribution in [2.24, 2.45) is 5.92 Å². The summed E-state index contributed by atoms with van der Waals surface area (Å²) in [4.78, 5) is 45.6. The van der Waals surface area contributed by atoms with Crippen LogP contribution in [0.4, 0.5) is 5.69 Å². The number of likely N-dealkylation sites (N-methyl/N-ethyl adjacent to an activating group) is 1. The highest BCUT2D eigenvalue weighted by atomic mass is 16.2. The van der Waals surface area contributed by atoms with E-state index in [1.54, 1.807) is 9.80 Å². The molecule has 2 fully saturated rings. The number of anilines is 1. The van der Waals surface area contributed by atoms with Gasteiger partial charge in [0, 0.05) is 38.4 Å². The van der Waals surface area contributed by atoms with Gasteiger partial charge in [-0.25, -0.2) is 0 Å². The Morgan fingerprint density at radius 1 is 0.966 bits per heavy atom. The van der Waals surface area contributed by atoms with Crippen molar-refractivity contribution in [3.63, 3.8) is 0 Å². The maximum absolute atomic E-state index is 13.0. The van der Waals surface area contributed by atoms with Crippen molar-refractivity contribution in [3.05, 3.63) is 29.8 Å². The fourth-order valence-electron chi connectivity index (χ4n) is 4.03. The van der Waals surface area contributed by atoms with Gasteiger partial charge in [-0.2, -0.15) is 0 Å². The van der Waals surface area contributed by atoms with E-state index in [4.69, 9.17) is 0 Å². The van der Waals surface area contributed by atoms with Crippen LogP contribution in [-0.4, -0.2) is 84.8 Å². The lowest BCUT2D eigenvalue weighted by Crippen LogP contribution is -2.54. The largest absolute Gasteiger partial charge is 0.338 e. The molecular formula is C22H32N4O3. The maximum Gasteiger partial charge on any atom is 0.239 e. The van der Waals surface area contributed by atoms with Gasteiger partial charge in [-0.3, -0.25) is 19.3 Å². The van der Waals surface area contributed by atoms with E-state index in [0.29, 0.717) is 45.7 Å². The van der Waals surface area contributed by atoms with Crippen LogP contribution in [-0.2, 0) is 14.4 Å². The predicted molar refractivity (Wildman–Crippen MR) is 113 cm³/mol. The molecule has 0 saturated carbocycles. The fourth-order valence-corrected chi connectivity index (χ4v) is 4.03. The second kappa shape index (κ2) is 9.39. The van der Waals surface area contributed by atoms with Crippen molar-refractivity contribution < 1.29 is 14.4 Å². The summed E-state index contributed by atoms with van der Waals surface area (Å²) in [5.74, 6) is -0.697. The number of benzene rings is 1. The number of carbonyl (C=O) groups excluding carboxylic acids is 3. The first kappa shape index (κ1) is 21.3. The van der Waals surface area contributed by atoms with E-state index >= 15 is 0 Å². The second-order valence-electron chi connectivity index (χ2n) is 7.83. The molecule has 0 bridgehead atoms. The fraction of sp³-hybridized carbons (Fsp3) is 0.591. The molecule has 3 rings (SSSR count). The Morgan fingerprint density at radius 2 is 1.55 bits per heavy atom. The minimum absolute atomic E-state index is 0.0968. The van der Waals surface area contributed by atoms with Gasteiger partial charge in [0.05, 0.1) is 6.54 Å². The van der Waals surface area contributed by atoms with Crippen LogP contribution in [0.3, 0.4) is 0 Å². The molecule has 2 aliphatic rings. The highest BCUT2D eigenvalue weighted by molar-refractivity contribution is 6.09. The van der Waals surface area contributed by atoms with Crippen LogP contribution in [0.25, 0.3) is 0 Å². The van der Waals surface area contributed by atoms with Crippen LogP contribution in [0.1, 0.15) is 25.8 Å². The molecule has 158 valence electrons. The summed E-state index contributed by atoms with van der Waals surface area (Å²) in [6.07, 6.45) is 0.548. The van der Waals surface area contributed by atoms with Gasteiger partial charge in [-0.1, -0.05) is 31.5 Å². The highest BCUT2D eigenvalue weighted by Gasteiger charge is 2.40. The lowest BCUT2D eigenvalue weighted by atomic mass is 10.1. The van der Waals surface area contributed by atoms with E-state index < -0.39 is 5.92 Å². The number of amides is 3. The minimum atomic E-state index is -0.603. The first-order valence-electron chi connectivity index (χ1n) is 10.6. The van der Waals surface area contributed by atoms with E-state index in [9.17, 15) is 14.4 Å². The number of aryl methyl sites for hydroxylation is 1. The van der Waals surface area contributed by atoms with E-state index in [-0.39, 0.29) is 17.7 Å². The van der Waals surface area contributed by atoms with E-state index in [1.165, 1.54) is 0 Å². The summed E-state index contributed by atoms with van der Waals surface area (Å²) in [6, 6.07) is 7.82. The molecule has 0 aromatic heterocycles. The summed E-state index contributed by atoms with van der Waals surface area (Å²) >= 11 is 0. The third-order valence-corrected chi connectivity index (χ3v) is 6.05. The standard InChI is InChI=1S/C22H32N4O3/c1-4-23(5-2)16-20(27)24-12-14-25(15-13-24)21(28)19-10-11-26(22(19)29)18-8-6-17(3)7-9-18/h6-9,19H,4-5,10-16H2,1-3H3. The Morgan fingerprint density at radius 3 is 2.14 bits per heavy atom. The molecule has 2 heterocycles. The normalized spacial score (nSPS) is 19.9. The summed E-state index contributed by atoms with van der Waals surface area (Å²) in [6.45, 7) is 10.9. The predicted octanol–water partition coefficient (Wildman–Crippen LogP) is 1.36. The second-order valence-corrected chi connectivity index (χ2v) is 7.83. The van der Waals surface area contributed by atoms with Crippen LogP contribution >= 0.6 is 0 Å². The molecule has 7 nitrogen and oxygen atoms in total. The van der Waals surface area contributed by atoms with E-state index in [0.717, 1.165) is 24.3 Å². The van der Waals surface area contributed by atoms with Crippen molar-refractivity contribution in [3.8, 4) is 0 Å². The average molecular weight is 401 g/mol. The minimum Gasteiger partial charge on any atom is -0.338 e. The Labute approximate surface area is 173 Å². The molecular weight excluding hydrogens is 368 g/mol. The number of rotatable bonds is 6. The number of nitrogens with zero attached hydrogens (tertiary/aromatic N) is 4. The number of piperazine rings is 1. The van der Waals surface area contributed by atoms with Gasteiger partial charge in [0.25, 0.3) is 0 Å². The van der Waals surface area contributed by atoms with Gasteiger partial charge in [0.1, 0.15) is 5.92 Å². The molecule has 3 amide bonds. The molecule has 29 heavy (non-hydrogen) atoms. The molecule has 1 aromatic carbocycles. The van der Waals surface area contributed by atoms with Crippen molar-refractivity contribution in [1.82, 2.24) is 14.7 Å². The SMILES string of the molecule is CCN(CC)CC(=O)N1CCN(C(=O)C2CCN(c3ccc(C)cc3)C2=O)CC1. The molecule has 1 aromatic rings. The lowest BCUT2D eigenvalue weighted by Gasteiger charge is -2.36. The third-order valence-electron chi connectivity index (χ3n) is 6.05. The molecule has 0 aliphatic carbocycles. The van der Waals surface area contributed by atoms with Crippen LogP contribution in [0, 0.1) is 12.8 Å². The van der Waals surface area contributed by atoms with Crippen LogP contribution < -0.4 is 4.90 Å². The maximum atomic E-state index is 13.0. The van der Waals surface area contributed by atoms with Gasteiger partial charge < -0.3 is 14.7 Å². The average Bonchev–Trinajstić information content (AvgIpc) is 3.13. The quantitative estimate of drug-likeness (QED) is 0.677. The van der Waals surface area contributed by atoms with Crippen molar-refractivity contribution in [2.75, 3.05) is 57.3 Å². The van der Waals surface area contributed by atoms with E-state index in [2.05, 4.69) is 4.90 Å². The van der Waals surface area contributed by atoms with Crippen molar-refractivity contribution >= 4 is 23.4 Å². The molecule has 2 saturated heterocycles. The monoisotopic (exact) mass is 400 g/mol. The third kappa shape index (κ3) is 4.78. The number of hydrogen-bond donors (Lipinski definition) is 0. The van der Waals surface area contributed by atoms with Crippen molar-refractivity contribution in [2.45, 2.75) is 27.2 Å². The zero-order valence-electron chi connectivity index (χ0n) is 17.8. The van der Waals surface area contributed by atoms with Crippen molar-refractivity contribution in [1.29, 1.82) is 0 Å². The number of hydrogen-bond acceptors (Lipinski definition) is 4. The first-order valence-corrected chi connectivity index (χ1v) is 10.6. The Kier molecular flexibility index (Phi) is 6.90. The Balaban J connectivity index is 1.54. The van der Waals surface area contributed by atoms with E-state index in [1.807, 2.05) is 49.9 Å². The molecule has 0 N–H and O–H groups in total.